The van der Waals surface area contributed by atoms with E-state index in [9.17, 15) is 14.0 Å². The van der Waals surface area contributed by atoms with Crippen LogP contribution in [0.4, 0.5) is 4.39 Å². The van der Waals surface area contributed by atoms with Crippen LogP contribution in [0.25, 0.3) is 0 Å². The van der Waals surface area contributed by atoms with E-state index in [2.05, 4.69) is 36.8 Å². The first kappa shape index (κ1) is 20.1. The van der Waals surface area contributed by atoms with E-state index in [-0.39, 0.29) is 23.7 Å². The molecule has 0 saturated carbocycles. The van der Waals surface area contributed by atoms with Gasteiger partial charge in [0.25, 0.3) is 11.8 Å². The van der Waals surface area contributed by atoms with E-state index in [1.807, 2.05) is 0 Å². The molecule has 148 valence electrons. The lowest BCUT2D eigenvalue weighted by Crippen LogP contribution is -2.33. The van der Waals surface area contributed by atoms with Crippen LogP contribution < -0.4 is 10.6 Å². The summed E-state index contributed by atoms with van der Waals surface area (Å²) in [7, 11) is 0. The Hall–Kier alpha value is -3.67. The van der Waals surface area contributed by atoms with Gasteiger partial charge in [-0.3, -0.25) is 9.59 Å². The lowest BCUT2D eigenvalue weighted by molar-refractivity contribution is 0.0909. The molecule has 3 rings (SSSR count). The fourth-order valence-corrected chi connectivity index (χ4v) is 2.67. The Balaban J connectivity index is 1.56. The monoisotopic (exact) mass is 394 g/mol. The fourth-order valence-electron chi connectivity index (χ4n) is 2.67. The van der Waals surface area contributed by atoms with Crippen molar-refractivity contribution >= 4 is 11.8 Å². The third kappa shape index (κ3) is 5.42. The van der Waals surface area contributed by atoms with Crippen LogP contribution in [0, 0.1) is 18.2 Å². The van der Waals surface area contributed by atoms with E-state index in [1.54, 1.807) is 12.1 Å². The van der Waals surface area contributed by atoms with Gasteiger partial charge in [0.15, 0.2) is 17.1 Å². The molecule has 8 nitrogen and oxygen atoms in total. The van der Waals surface area contributed by atoms with E-state index in [0.717, 1.165) is 0 Å². The molecule has 0 radical (unpaired) electrons. The van der Waals surface area contributed by atoms with Crippen LogP contribution in [0.3, 0.4) is 0 Å². The number of hydrogen-bond donors (Lipinski definition) is 2. The van der Waals surface area contributed by atoms with Crippen LogP contribution in [-0.4, -0.2) is 34.0 Å². The Morgan fingerprint density at radius 2 is 1.62 bits per heavy atom. The van der Waals surface area contributed by atoms with Gasteiger partial charge in [-0.15, -0.1) is 12.3 Å². The summed E-state index contributed by atoms with van der Waals surface area (Å²) in [5, 5.41) is 13.4. The van der Waals surface area contributed by atoms with E-state index in [4.69, 9.17) is 6.42 Å². The molecule has 1 aliphatic rings. The number of benzene rings is 1. The number of rotatable bonds is 9. The molecule has 2 amide bonds. The molecule has 2 heterocycles. The largest absolute Gasteiger partial charge is 0.350 e. The quantitative estimate of drug-likeness (QED) is 0.636. The Bertz CT molecular complexity index is 962. The third-order valence-corrected chi connectivity index (χ3v) is 4.36. The van der Waals surface area contributed by atoms with Crippen molar-refractivity contribution in [2.24, 2.45) is 10.2 Å². The summed E-state index contributed by atoms with van der Waals surface area (Å²) in [5.41, 5.74) is 0.0439. The maximum atomic E-state index is 13.0. The molecule has 0 unspecified atom stereocenters. The number of halogens is 1. The van der Waals surface area contributed by atoms with Gasteiger partial charge in [-0.25, -0.2) is 14.4 Å². The highest BCUT2D eigenvalue weighted by Crippen LogP contribution is 2.36. The molecule has 9 heteroatoms. The summed E-state index contributed by atoms with van der Waals surface area (Å²) < 4.78 is 13.0. The van der Waals surface area contributed by atoms with Crippen molar-refractivity contribution in [3.8, 4) is 12.3 Å². The van der Waals surface area contributed by atoms with Gasteiger partial charge in [-0.1, -0.05) is 12.1 Å². The van der Waals surface area contributed by atoms with E-state index < -0.39 is 17.5 Å². The van der Waals surface area contributed by atoms with Gasteiger partial charge < -0.3 is 10.6 Å². The average Bonchev–Trinajstić information content (AvgIpc) is 3.51. The predicted octanol–water partition coefficient (Wildman–Crippen LogP) is 2.24. The normalized spacial score (nSPS) is 13.4. The molecule has 1 aliphatic heterocycles. The van der Waals surface area contributed by atoms with Gasteiger partial charge >= 0.3 is 0 Å². The molecule has 0 saturated heterocycles. The number of nitrogens with one attached hydrogen (secondary N) is 2. The Morgan fingerprint density at radius 3 is 2.21 bits per heavy atom. The first-order chi connectivity index (χ1) is 14.0. The number of carbonyl (C=O) groups excluding carboxylic acids is 2. The molecule has 1 aromatic carbocycles. The van der Waals surface area contributed by atoms with Gasteiger partial charge in [0.05, 0.1) is 0 Å². The van der Waals surface area contributed by atoms with Crippen molar-refractivity contribution < 1.29 is 14.0 Å². The topological polar surface area (TPSA) is 109 Å². The SMILES string of the molecule is C#CCCC1(CCNC(=O)c2nccnc2C(=O)NCc2ccc(F)cc2)N=N1. The maximum absolute atomic E-state index is 13.0. The van der Waals surface area contributed by atoms with E-state index >= 15 is 0 Å². The summed E-state index contributed by atoms with van der Waals surface area (Å²) in [6.07, 6.45) is 9.65. The molecule has 0 fully saturated rings. The second-order valence-electron chi connectivity index (χ2n) is 6.46. The smallest absolute Gasteiger partial charge is 0.272 e. The Morgan fingerprint density at radius 1 is 1.00 bits per heavy atom. The van der Waals surface area contributed by atoms with Crippen LogP contribution in [0.15, 0.2) is 46.9 Å². The van der Waals surface area contributed by atoms with Gasteiger partial charge in [-0.2, -0.15) is 10.2 Å². The molecule has 2 aromatic rings. The molecule has 0 atom stereocenters. The molecule has 0 bridgehead atoms. The van der Waals surface area contributed by atoms with Crippen LogP contribution in [0.1, 0.15) is 45.8 Å². The van der Waals surface area contributed by atoms with Gasteiger partial charge in [0.2, 0.25) is 0 Å². The number of carbonyl (C=O) groups is 2. The summed E-state index contributed by atoms with van der Waals surface area (Å²) in [4.78, 5) is 32.9. The van der Waals surface area contributed by atoms with Crippen molar-refractivity contribution in [3.63, 3.8) is 0 Å². The van der Waals surface area contributed by atoms with Crippen molar-refractivity contribution in [3.05, 3.63) is 59.4 Å². The van der Waals surface area contributed by atoms with Crippen LogP contribution in [0.5, 0.6) is 0 Å². The zero-order valence-electron chi connectivity index (χ0n) is 15.6. The van der Waals surface area contributed by atoms with Crippen molar-refractivity contribution in [1.82, 2.24) is 20.6 Å². The minimum atomic E-state index is -0.551. The minimum absolute atomic E-state index is 0.0774. The van der Waals surface area contributed by atoms with Crippen molar-refractivity contribution in [2.75, 3.05) is 6.54 Å². The first-order valence-electron chi connectivity index (χ1n) is 9.02. The number of nitrogens with zero attached hydrogens (tertiary/aromatic N) is 4. The Labute approximate surface area is 167 Å². The maximum Gasteiger partial charge on any atom is 0.272 e. The lowest BCUT2D eigenvalue weighted by atomic mass is 10.0. The number of aromatic nitrogens is 2. The van der Waals surface area contributed by atoms with Gasteiger partial charge in [0, 0.05) is 44.7 Å². The predicted molar refractivity (Wildman–Crippen MR) is 102 cm³/mol. The molecular weight excluding hydrogens is 375 g/mol. The van der Waals surface area contributed by atoms with Crippen molar-refractivity contribution in [2.45, 2.75) is 31.5 Å². The third-order valence-electron chi connectivity index (χ3n) is 4.36. The zero-order valence-corrected chi connectivity index (χ0v) is 15.6. The van der Waals surface area contributed by atoms with Gasteiger partial charge in [-0.05, 0) is 17.7 Å². The molecule has 1 aromatic heterocycles. The zero-order chi connectivity index (χ0) is 20.7. The number of amides is 2. The van der Waals surface area contributed by atoms with Gasteiger partial charge in [0.1, 0.15) is 5.82 Å². The average molecular weight is 394 g/mol. The molecule has 0 spiro atoms. The Kier molecular flexibility index (Phi) is 6.24. The molecule has 0 aliphatic carbocycles. The second-order valence-corrected chi connectivity index (χ2v) is 6.46. The fraction of sp³-hybridized carbons (Fsp3) is 0.300. The summed E-state index contributed by atoms with van der Waals surface area (Å²) in [6.45, 7) is 0.473. The number of terminal acetylenes is 1. The summed E-state index contributed by atoms with van der Waals surface area (Å²) in [5.74, 6) is 1.12. The standard InChI is InChI=1S/C20H19FN6O2/c1-2-3-8-20(26-27-20)9-10-24-18(28)16-17(23-12-11-22-16)19(29)25-13-14-4-6-15(21)7-5-14/h1,4-7,11-12H,3,8-10,13H2,(H,24,28)(H,25,29). The number of hydrogen-bond acceptors (Lipinski definition) is 6. The van der Waals surface area contributed by atoms with Crippen LogP contribution in [-0.2, 0) is 6.54 Å². The van der Waals surface area contributed by atoms with E-state index in [0.29, 0.717) is 31.4 Å². The molecular formula is C20H19FN6O2. The highest BCUT2D eigenvalue weighted by atomic mass is 19.1. The minimum Gasteiger partial charge on any atom is -0.350 e. The first-order valence-corrected chi connectivity index (χ1v) is 9.02. The lowest BCUT2D eigenvalue weighted by Gasteiger charge is -2.11. The molecule has 2 N–H and O–H groups in total. The van der Waals surface area contributed by atoms with Crippen LogP contribution in [0.2, 0.25) is 0 Å². The summed E-state index contributed by atoms with van der Waals surface area (Å²) >= 11 is 0. The summed E-state index contributed by atoms with van der Waals surface area (Å²) in [6, 6.07) is 5.73. The second kappa shape index (κ2) is 9.01. The van der Waals surface area contributed by atoms with Crippen LogP contribution >= 0.6 is 0 Å². The highest BCUT2D eigenvalue weighted by molar-refractivity contribution is 6.04. The highest BCUT2D eigenvalue weighted by Gasteiger charge is 2.38. The van der Waals surface area contributed by atoms with Crippen molar-refractivity contribution in [1.29, 1.82) is 0 Å². The molecule has 29 heavy (non-hydrogen) atoms. The van der Waals surface area contributed by atoms with E-state index in [1.165, 1.54) is 24.5 Å².